The molecule has 0 saturated heterocycles. The van der Waals surface area contributed by atoms with E-state index < -0.39 is 4.92 Å². The minimum absolute atomic E-state index is 0.175. The lowest BCUT2D eigenvalue weighted by Crippen LogP contribution is -1.97. The van der Waals surface area contributed by atoms with Crippen molar-refractivity contribution in [1.82, 2.24) is 19.7 Å². The molecule has 0 bridgehead atoms. The van der Waals surface area contributed by atoms with Crippen molar-refractivity contribution in [2.75, 3.05) is 0 Å². The summed E-state index contributed by atoms with van der Waals surface area (Å²) in [6.07, 6.45) is 5.55. The van der Waals surface area contributed by atoms with E-state index in [0.717, 1.165) is 0 Å². The van der Waals surface area contributed by atoms with Crippen LogP contribution in [0.25, 0.3) is 5.82 Å². The summed E-state index contributed by atoms with van der Waals surface area (Å²) in [5, 5.41) is 14.1. The highest BCUT2D eigenvalue weighted by atomic mass is 35.5. The summed E-state index contributed by atoms with van der Waals surface area (Å²) in [5.74, 6) is 0.368. The van der Waals surface area contributed by atoms with E-state index in [0.29, 0.717) is 5.82 Å². The van der Waals surface area contributed by atoms with Crippen LogP contribution in [-0.2, 0) is 0 Å². The van der Waals surface area contributed by atoms with Gasteiger partial charge in [-0.3, -0.25) is 15.1 Å². The lowest BCUT2D eigenvalue weighted by molar-refractivity contribution is -0.384. The minimum Gasteiger partial charge on any atom is -0.259 e. The van der Waals surface area contributed by atoms with Gasteiger partial charge in [-0.25, -0.2) is 9.67 Å². The highest BCUT2D eigenvalue weighted by molar-refractivity contribution is 6.31. The Morgan fingerprint density at radius 3 is 2.80 bits per heavy atom. The van der Waals surface area contributed by atoms with Crippen LogP contribution in [0.1, 0.15) is 0 Å². The third-order valence-electron chi connectivity index (χ3n) is 1.63. The number of rotatable bonds is 2. The maximum absolute atomic E-state index is 10.5. The third kappa shape index (κ3) is 1.77. The van der Waals surface area contributed by atoms with E-state index in [9.17, 15) is 10.1 Å². The molecule has 0 unspecified atom stereocenters. The van der Waals surface area contributed by atoms with Crippen LogP contribution < -0.4 is 0 Å². The highest BCUT2D eigenvalue weighted by Crippen LogP contribution is 2.22. The molecule has 2 rings (SSSR count). The van der Waals surface area contributed by atoms with E-state index >= 15 is 0 Å². The Hall–Kier alpha value is -2.02. The number of halogens is 1. The molecule has 0 spiro atoms. The summed E-state index contributed by atoms with van der Waals surface area (Å²) in [6.45, 7) is 0. The molecule has 2 heterocycles. The van der Waals surface area contributed by atoms with Gasteiger partial charge in [0.1, 0.15) is 6.20 Å². The van der Waals surface area contributed by atoms with E-state index in [4.69, 9.17) is 11.6 Å². The van der Waals surface area contributed by atoms with Crippen LogP contribution in [0.5, 0.6) is 0 Å². The molecule has 0 saturated carbocycles. The van der Waals surface area contributed by atoms with Crippen LogP contribution >= 0.6 is 11.6 Å². The van der Waals surface area contributed by atoms with Crippen LogP contribution in [0.15, 0.2) is 24.8 Å². The van der Waals surface area contributed by atoms with Crippen molar-refractivity contribution in [3.05, 3.63) is 40.1 Å². The van der Waals surface area contributed by atoms with E-state index in [2.05, 4.69) is 15.1 Å². The number of aromatic nitrogens is 4. The van der Waals surface area contributed by atoms with Gasteiger partial charge in [-0.1, -0.05) is 11.6 Å². The lowest BCUT2D eigenvalue weighted by atomic mass is 10.6. The van der Waals surface area contributed by atoms with Crippen molar-refractivity contribution in [3.63, 3.8) is 0 Å². The van der Waals surface area contributed by atoms with Crippen molar-refractivity contribution in [3.8, 4) is 5.82 Å². The first-order chi connectivity index (χ1) is 7.18. The molecule has 0 N–H and O–H groups in total. The molecule has 0 amide bonds. The predicted molar refractivity (Wildman–Crippen MR) is 50.8 cm³/mol. The molecular formula is C7H4ClN5O2. The Labute approximate surface area is 88.5 Å². The second-order valence-electron chi connectivity index (χ2n) is 2.57. The molecule has 0 aliphatic carbocycles. The van der Waals surface area contributed by atoms with E-state index in [1.54, 1.807) is 0 Å². The Balaban J connectivity index is 2.48. The monoisotopic (exact) mass is 225 g/mol. The summed E-state index contributed by atoms with van der Waals surface area (Å²) in [4.78, 5) is 17.6. The summed E-state index contributed by atoms with van der Waals surface area (Å²) < 4.78 is 1.20. The molecule has 0 atom stereocenters. The smallest absolute Gasteiger partial charge is 0.259 e. The first-order valence-electron chi connectivity index (χ1n) is 3.84. The largest absolute Gasteiger partial charge is 0.326 e. The molecule has 76 valence electrons. The summed E-state index contributed by atoms with van der Waals surface area (Å²) in [5.41, 5.74) is -0.262. The molecule has 7 nitrogen and oxygen atoms in total. The zero-order valence-corrected chi connectivity index (χ0v) is 8.00. The van der Waals surface area contributed by atoms with Gasteiger partial charge in [0, 0.05) is 12.4 Å². The molecule has 0 aliphatic rings. The molecule has 15 heavy (non-hydrogen) atoms. The first-order valence-corrected chi connectivity index (χ1v) is 4.22. The Morgan fingerprint density at radius 2 is 2.27 bits per heavy atom. The van der Waals surface area contributed by atoms with Crippen LogP contribution in [0, 0.1) is 10.1 Å². The topological polar surface area (TPSA) is 86.7 Å². The standard InChI is InChI=1S/C7H4ClN5O2/c8-7-5(13(14)15)4-12(11-7)6-3-9-1-2-10-6/h1-4H. The minimum atomic E-state index is -0.609. The van der Waals surface area contributed by atoms with Gasteiger partial charge in [-0.05, 0) is 0 Å². The second kappa shape index (κ2) is 3.62. The van der Waals surface area contributed by atoms with Gasteiger partial charge in [-0.2, -0.15) is 0 Å². The Morgan fingerprint density at radius 1 is 1.47 bits per heavy atom. The van der Waals surface area contributed by atoms with Gasteiger partial charge in [0.05, 0.1) is 11.1 Å². The van der Waals surface area contributed by atoms with E-state index in [1.165, 1.54) is 29.5 Å². The number of hydrogen-bond acceptors (Lipinski definition) is 5. The zero-order chi connectivity index (χ0) is 10.8. The van der Waals surface area contributed by atoms with Gasteiger partial charge >= 0.3 is 5.69 Å². The fourth-order valence-corrected chi connectivity index (χ4v) is 1.19. The number of hydrogen-bond donors (Lipinski definition) is 0. The van der Waals surface area contributed by atoms with Crippen LogP contribution in [0.4, 0.5) is 5.69 Å². The lowest BCUT2D eigenvalue weighted by Gasteiger charge is -1.95. The normalized spacial score (nSPS) is 10.2. The number of nitrogens with zero attached hydrogens (tertiary/aromatic N) is 5. The fraction of sp³-hybridized carbons (Fsp3) is 0. The summed E-state index contributed by atoms with van der Waals surface area (Å²) in [6, 6.07) is 0. The Bertz CT molecular complexity index is 497. The van der Waals surface area contributed by atoms with Crippen LogP contribution in [0.2, 0.25) is 5.15 Å². The van der Waals surface area contributed by atoms with Crippen molar-refractivity contribution in [2.24, 2.45) is 0 Å². The first kappa shape index (κ1) is 9.53. The maximum atomic E-state index is 10.5. The van der Waals surface area contributed by atoms with E-state index in [1.807, 2.05) is 0 Å². The van der Waals surface area contributed by atoms with Crippen molar-refractivity contribution in [1.29, 1.82) is 0 Å². The molecule has 0 radical (unpaired) electrons. The van der Waals surface area contributed by atoms with E-state index in [-0.39, 0.29) is 10.8 Å². The second-order valence-corrected chi connectivity index (χ2v) is 2.93. The molecule has 0 aromatic carbocycles. The average Bonchev–Trinajstić information content (AvgIpc) is 2.62. The third-order valence-corrected chi connectivity index (χ3v) is 1.90. The van der Waals surface area contributed by atoms with Gasteiger partial charge in [0.15, 0.2) is 5.82 Å². The van der Waals surface area contributed by atoms with Crippen LogP contribution in [-0.4, -0.2) is 24.7 Å². The quantitative estimate of drug-likeness (QED) is 0.567. The van der Waals surface area contributed by atoms with Crippen molar-refractivity contribution < 1.29 is 4.92 Å². The summed E-state index contributed by atoms with van der Waals surface area (Å²) in [7, 11) is 0. The Kier molecular flexibility index (Phi) is 2.30. The van der Waals surface area contributed by atoms with Gasteiger partial charge in [-0.15, -0.1) is 5.10 Å². The van der Waals surface area contributed by atoms with Crippen molar-refractivity contribution >= 4 is 17.3 Å². The van der Waals surface area contributed by atoms with Crippen molar-refractivity contribution in [2.45, 2.75) is 0 Å². The maximum Gasteiger partial charge on any atom is 0.326 e. The molecule has 0 fully saturated rings. The fourth-order valence-electron chi connectivity index (χ4n) is 0.993. The predicted octanol–water partition coefficient (Wildman–Crippen LogP) is 1.22. The molecule has 8 heteroatoms. The average molecular weight is 226 g/mol. The van der Waals surface area contributed by atoms with Gasteiger partial charge in [0.2, 0.25) is 5.15 Å². The number of nitro groups is 1. The molecule has 0 aliphatic heterocycles. The van der Waals surface area contributed by atoms with Gasteiger partial charge in [0.25, 0.3) is 0 Å². The zero-order valence-electron chi connectivity index (χ0n) is 7.24. The molecular weight excluding hydrogens is 222 g/mol. The van der Waals surface area contributed by atoms with Crippen LogP contribution in [0.3, 0.4) is 0 Å². The highest BCUT2D eigenvalue weighted by Gasteiger charge is 2.18. The molecule has 2 aromatic rings. The van der Waals surface area contributed by atoms with Gasteiger partial charge < -0.3 is 0 Å². The SMILES string of the molecule is O=[N+]([O-])c1cn(-c2cnccn2)nc1Cl. The summed E-state index contributed by atoms with van der Waals surface area (Å²) >= 11 is 5.57. The molecule has 2 aromatic heterocycles.